The molecule has 0 bridgehead atoms. The molecule has 0 saturated carbocycles. The molecule has 1 fully saturated rings. The Morgan fingerprint density at radius 1 is 1.22 bits per heavy atom. The summed E-state index contributed by atoms with van der Waals surface area (Å²) in [7, 11) is 0. The lowest BCUT2D eigenvalue weighted by atomic mass is 9.93. The van der Waals surface area contributed by atoms with Crippen molar-refractivity contribution in [1.82, 2.24) is 15.2 Å². The number of rotatable bonds is 8. The van der Waals surface area contributed by atoms with Gasteiger partial charge in [-0.3, -0.25) is 9.69 Å². The molecule has 0 radical (unpaired) electrons. The van der Waals surface area contributed by atoms with Crippen LogP contribution >= 0.6 is 0 Å². The molecule has 1 unspecified atom stereocenters. The van der Waals surface area contributed by atoms with Gasteiger partial charge in [0.1, 0.15) is 22.7 Å². The van der Waals surface area contributed by atoms with Crippen LogP contribution in [0.1, 0.15) is 30.4 Å². The van der Waals surface area contributed by atoms with Crippen molar-refractivity contribution in [2.24, 2.45) is 0 Å². The standard InChI is InChI=1S/C22H21F2N3O5/c1-13-16(25-18(31-13)17-4-3-11-30-17)12-27-19(28)22(2,26-21(27)29)10-9-14-5-7-15(8-6-14)32-20(23)24/h3-8,11,20H,9-10,12H2,1-2H3,(H,26,29). The average molecular weight is 445 g/mol. The summed E-state index contributed by atoms with van der Waals surface area (Å²) < 4.78 is 39.8. The normalized spacial score (nSPS) is 18.5. The molecule has 1 aliphatic rings. The van der Waals surface area contributed by atoms with E-state index in [1.54, 1.807) is 38.1 Å². The van der Waals surface area contributed by atoms with Gasteiger partial charge in [-0.05, 0) is 56.5 Å². The summed E-state index contributed by atoms with van der Waals surface area (Å²) in [5.74, 6) is 0.894. The maximum absolute atomic E-state index is 13.0. The third-order valence-electron chi connectivity index (χ3n) is 5.34. The molecule has 168 valence electrons. The molecule has 3 heterocycles. The van der Waals surface area contributed by atoms with Gasteiger partial charge in [0.05, 0.1) is 12.8 Å². The first-order valence-corrected chi connectivity index (χ1v) is 9.93. The van der Waals surface area contributed by atoms with Crippen molar-refractivity contribution in [3.63, 3.8) is 0 Å². The Labute approximate surface area is 182 Å². The Morgan fingerprint density at radius 3 is 2.62 bits per heavy atom. The van der Waals surface area contributed by atoms with E-state index in [-0.39, 0.29) is 24.1 Å². The molecule has 1 aliphatic heterocycles. The average Bonchev–Trinajstić information content (AvgIpc) is 3.44. The zero-order valence-electron chi connectivity index (χ0n) is 17.4. The van der Waals surface area contributed by atoms with Crippen molar-refractivity contribution in [1.29, 1.82) is 0 Å². The van der Waals surface area contributed by atoms with Gasteiger partial charge in [0.2, 0.25) is 0 Å². The van der Waals surface area contributed by atoms with Gasteiger partial charge in [-0.2, -0.15) is 8.78 Å². The molecule has 2 aromatic heterocycles. The van der Waals surface area contributed by atoms with Gasteiger partial charge in [-0.1, -0.05) is 12.1 Å². The van der Waals surface area contributed by atoms with E-state index in [4.69, 9.17) is 8.83 Å². The first kappa shape index (κ1) is 21.5. The number of halogens is 2. The number of aryl methyl sites for hydroxylation is 2. The molecule has 1 saturated heterocycles. The number of ether oxygens (including phenoxy) is 1. The minimum Gasteiger partial charge on any atom is -0.459 e. The molecule has 8 nitrogen and oxygen atoms in total. The number of hydrogen-bond acceptors (Lipinski definition) is 6. The second kappa shape index (κ2) is 8.45. The number of carbonyl (C=O) groups excluding carboxylic acids is 2. The number of amides is 3. The van der Waals surface area contributed by atoms with Gasteiger partial charge in [0.15, 0.2) is 5.76 Å². The molecule has 3 aromatic rings. The van der Waals surface area contributed by atoms with Crippen LogP contribution in [0.15, 0.2) is 51.5 Å². The third kappa shape index (κ3) is 4.34. The predicted octanol–water partition coefficient (Wildman–Crippen LogP) is 4.29. The van der Waals surface area contributed by atoms with Gasteiger partial charge in [-0.25, -0.2) is 9.78 Å². The summed E-state index contributed by atoms with van der Waals surface area (Å²) in [6.07, 6.45) is 2.28. The molecular formula is C22H21F2N3O5. The zero-order chi connectivity index (χ0) is 22.9. The van der Waals surface area contributed by atoms with Gasteiger partial charge in [0, 0.05) is 0 Å². The topological polar surface area (TPSA) is 97.8 Å². The van der Waals surface area contributed by atoms with E-state index in [2.05, 4.69) is 15.0 Å². The molecule has 10 heteroatoms. The fourth-order valence-electron chi connectivity index (χ4n) is 3.52. The highest BCUT2D eigenvalue weighted by molar-refractivity contribution is 6.06. The Morgan fingerprint density at radius 2 is 1.97 bits per heavy atom. The Bertz CT molecular complexity index is 1110. The number of imide groups is 1. The quantitative estimate of drug-likeness (QED) is 0.520. The Balaban J connectivity index is 1.42. The predicted molar refractivity (Wildman–Crippen MR) is 108 cm³/mol. The molecule has 4 rings (SSSR count). The largest absolute Gasteiger partial charge is 0.459 e. The fraction of sp³-hybridized carbons (Fsp3) is 0.318. The van der Waals surface area contributed by atoms with Crippen LogP contribution in [0.25, 0.3) is 11.7 Å². The molecule has 1 atom stereocenters. The van der Waals surface area contributed by atoms with Gasteiger partial charge in [0.25, 0.3) is 11.8 Å². The first-order valence-electron chi connectivity index (χ1n) is 9.93. The monoisotopic (exact) mass is 445 g/mol. The fourth-order valence-corrected chi connectivity index (χ4v) is 3.52. The van der Waals surface area contributed by atoms with Crippen molar-refractivity contribution in [3.8, 4) is 17.4 Å². The van der Waals surface area contributed by atoms with Crippen LogP contribution in [-0.2, 0) is 17.8 Å². The van der Waals surface area contributed by atoms with Crippen molar-refractivity contribution in [2.75, 3.05) is 0 Å². The number of alkyl halides is 2. The highest BCUT2D eigenvalue weighted by atomic mass is 19.3. The van der Waals surface area contributed by atoms with Crippen LogP contribution in [0.4, 0.5) is 13.6 Å². The van der Waals surface area contributed by atoms with Crippen molar-refractivity contribution in [3.05, 3.63) is 59.7 Å². The Kier molecular flexibility index (Phi) is 5.68. The summed E-state index contributed by atoms with van der Waals surface area (Å²) in [5, 5.41) is 2.75. The van der Waals surface area contributed by atoms with E-state index in [9.17, 15) is 18.4 Å². The number of furan rings is 1. The molecular weight excluding hydrogens is 424 g/mol. The van der Waals surface area contributed by atoms with E-state index >= 15 is 0 Å². The summed E-state index contributed by atoms with van der Waals surface area (Å²) in [4.78, 5) is 31.0. The van der Waals surface area contributed by atoms with Crippen molar-refractivity contribution >= 4 is 11.9 Å². The number of oxazole rings is 1. The summed E-state index contributed by atoms with van der Waals surface area (Å²) in [6, 6.07) is 9.07. The van der Waals surface area contributed by atoms with Crippen LogP contribution in [-0.4, -0.2) is 34.0 Å². The van der Waals surface area contributed by atoms with Gasteiger partial charge >= 0.3 is 12.6 Å². The molecule has 1 N–H and O–H groups in total. The second-order valence-corrected chi connectivity index (χ2v) is 7.68. The minimum absolute atomic E-state index is 0.0318. The summed E-state index contributed by atoms with van der Waals surface area (Å²) >= 11 is 0. The lowest BCUT2D eigenvalue weighted by Gasteiger charge is -2.21. The molecule has 3 amide bonds. The summed E-state index contributed by atoms with van der Waals surface area (Å²) in [5.41, 5.74) is 0.180. The van der Waals surface area contributed by atoms with Gasteiger partial charge in [-0.15, -0.1) is 0 Å². The smallest absolute Gasteiger partial charge is 0.387 e. The number of hydrogen-bond donors (Lipinski definition) is 1. The number of benzene rings is 1. The number of aromatic nitrogens is 1. The van der Waals surface area contributed by atoms with Crippen molar-refractivity contribution < 1.29 is 31.9 Å². The number of urea groups is 1. The lowest BCUT2D eigenvalue weighted by molar-refractivity contribution is -0.131. The number of nitrogens with zero attached hydrogens (tertiary/aromatic N) is 2. The third-order valence-corrected chi connectivity index (χ3v) is 5.34. The molecule has 0 aliphatic carbocycles. The van der Waals surface area contributed by atoms with E-state index < -0.39 is 18.2 Å². The number of carbonyl (C=O) groups is 2. The molecule has 32 heavy (non-hydrogen) atoms. The first-order chi connectivity index (χ1) is 15.2. The van der Waals surface area contributed by atoms with Crippen LogP contribution in [0.3, 0.4) is 0 Å². The maximum Gasteiger partial charge on any atom is 0.387 e. The molecule has 1 aromatic carbocycles. The van der Waals surface area contributed by atoms with Crippen LogP contribution in [0, 0.1) is 6.92 Å². The molecule has 0 spiro atoms. The SMILES string of the molecule is Cc1oc(-c2ccco2)nc1CN1C(=O)NC(C)(CCc2ccc(OC(F)F)cc2)C1=O. The van der Waals surface area contributed by atoms with E-state index in [1.807, 2.05) is 0 Å². The van der Waals surface area contributed by atoms with Crippen molar-refractivity contribution in [2.45, 2.75) is 45.4 Å². The number of nitrogens with one attached hydrogen (secondary N) is 1. The van der Waals surface area contributed by atoms with Crippen LogP contribution < -0.4 is 10.1 Å². The second-order valence-electron chi connectivity index (χ2n) is 7.68. The van der Waals surface area contributed by atoms with E-state index in [0.29, 0.717) is 30.1 Å². The highest BCUT2D eigenvalue weighted by Gasteiger charge is 2.47. The summed E-state index contributed by atoms with van der Waals surface area (Å²) in [6.45, 7) is 0.440. The minimum atomic E-state index is -2.89. The maximum atomic E-state index is 13.0. The zero-order valence-corrected chi connectivity index (χ0v) is 17.4. The van der Waals surface area contributed by atoms with Gasteiger partial charge < -0.3 is 18.9 Å². The van der Waals surface area contributed by atoms with E-state index in [1.165, 1.54) is 18.4 Å². The van der Waals surface area contributed by atoms with Crippen LogP contribution in [0.5, 0.6) is 5.75 Å². The van der Waals surface area contributed by atoms with E-state index in [0.717, 1.165) is 10.5 Å². The Hall–Kier alpha value is -3.69. The highest BCUT2D eigenvalue weighted by Crippen LogP contribution is 2.28. The lowest BCUT2D eigenvalue weighted by Crippen LogP contribution is -2.44. The van der Waals surface area contributed by atoms with Crippen LogP contribution in [0.2, 0.25) is 0 Å².